The van der Waals surface area contributed by atoms with E-state index < -0.39 is 5.02 Å². The minimum Gasteiger partial charge on any atom is -0.461 e. The fraction of sp³-hybridized carbons (Fsp3) is 0.267. The van der Waals surface area contributed by atoms with Crippen molar-refractivity contribution in [2.24, 2.45) is 0 Å². The first-order chi connectivity index (χ1) is 9.19. The molecule has 0 fully saturated rings. The molecule has 0 aliphatic rings. The van der Waals surface area contributed by atoms with Crippen LogP contribution in [-0.4, -0.2) is 10.0 Å². The summed E-state index contributed by atoms with van der Waals surface area (Å²) in [4.78, 5) is 4.47. The highest BCUT2D eigenvalue weighted by molar-refractivity contribution is 6.43. The van der Waals surface area contributed by atoms with Crippen molar-refractivity contribution in [2.45, 2.75) is 24.8 Å². The Labute approximate surface area is 123 Å². The van der Waals surface area contributed by atoms with Gasteiger partial charge < -0.3 is 4.74 Å². The van der Waals surface area contributed by atoms with Crippen LogP contribution in [0.2, 0.25) is 0 Å². The summed E-state index contributed by atoms with van der Waals surface area (Å²) in [6.45, 7) is 2.16. The molecule has 0 aliphatic heterocycles. The normalized spacial score (nSPS) is 10.7. The van der Waals surface area contributed by atoms with E-state index in [-0.39, 0.29) is 0 Å². The fourth-order valence-corrected chi connectivity index (χ4v) is 2.04. The fourth-order valence-electron chi connectivity index (χ4n) is 1.84. The lowest BCUT2D eigenvalue weighted by Gasteiger charge is -2.07. The van der Waals surface area contributed by atoms with Crippen molar-refractivity contribution in [3.8, 4) is 17.0 Å². The van der Waals surface area contributed by atoms with Gasteiger partial charge in [-0.1, -0.05) is 42.6 Å². The minimum absolute atomic E-state index is 0.640. The summed E-state index contributed by atoms with van der Waals surface area (Å²) < 4.78 is 5.17. The highest BCUT2D eigenvalue weighted by Gasteiger charge is 2.03. The van der Waals surface area contributed by atoms with E-state index in [9.17, 15) is 0 Å². The van der Waals surface area contributed by atoms with Crippen molar-refractivity contribution in [1.29, 1.82) is 0 Å². The Morgan fingerprint density at radius 3 is 2.37 bits per heavy atom. The van der Waals surface area contributed by atoms with Gasteiger partial charge in [0.2, 0.25) is 5.02 Å². The van der Waals surface area contributed by atoms with Crippen molar-refractivity contribution in [1.82, 2.24) is 4.98 Å². The van der Waals surface area contributed by atoms with Crippen molar-refractivity contribution in [2.75, 3.05) is 0 Å². The molecule has 0 N–H and O–H groups in total. The molecular weight excluding hydrogens is 281 g/mol. The van der Waals surface area contributed by atoms with Crippen molar-refractivity contribution in [3.05, 3.63) is 48.2 Å². The maximum absolute atomic E-state index is 5.55. The number of aryl methyl sites for hydroxylation is 1. The second-order valence-corrected chi connectivity index (χ2v) is 5.22. The molecule has 1 aromatic heterocycles. The van der Waals surface area contributed by atoms with E-state index in [1.54, 1.807) is 0 Å². The molecule has 100 valence electrons. The zero-order valence-electron chi connectivity index (χ0n) is 10.6. The number of hydrogen-bond donors (Lipinski definition) is 0. The monoisotopic (exact) mass is 295 g/mol. The second kappa shape index (κ2) is 6.78. The van der Waals surface area contributed by atoms with Gasteiger partial charge in [0, 0.05) is 11.8 Å². The number of nitrogens with zero attached hydrogens (tertiary/aromatic N) is 1. The van der Waals surface area contributed by atoms with Crippen LogP contribution in [0, 0.1) is 0 Å². The Hall–Kier alpha value is -1.25. The zero-order chi connectivity index (χ0) is 13.7. The first-order valence-electron chi connectivity index (χ1n) is 6.19. The lowest BCUT2D eigenvalue weighted by atomic mass is 10.1. The molecule has 0 saturated carbocycles. The van der Waals surface area contributed by atoms with Gasteiger partial charge >= 0.3 is 0 Å². The van der Waals surface area contributed by atoms with E-state index in [1.807, 2.05) is 36.5 Å². The van der Waals surface area contributed by atoms with Gasteiger partial charge in [-0.05, 0) is 42.3 Å². The molecule has 1 aromatic carbocycles. The van der Waals surface area contributed by atoms with Gasteiger partial charge in [0.15, 0.2) is 0 Å². The molecule has 4 heteroatoms. The number of hydrogen-bond acceptors (Lipinski definition) is 2. The summed E-state index contributed by atoms with van der Waals surface area (Å²) in [6, 6.07) is 11.7. The lowest BCUT2D eigenvalue weighted by Crippen LogP contribution is -1.98. The van der Waals surface area contributed by atoms with Crippen molar-refractivity contribution >= 4 is 23.2 Å². The Bertz CT molecular complexity index is 509. The summed E-state index contributed by atoms with van der Waals surface area (Å²) in [7, 11) is 0. The third kappa shape index (κ3) is 4.12. The number of rotatable bonds is 5. The standard InChI is InChI=1S/C15H15Cl2NO/c1-2-3-11-4-9-14(18-10-11)12-5-7-13(8-6-12)19-15(16)17/h4-10,15H,2-3H2,1H3. The predicted octanol–water partition coefficient (Wildman–Crippen LogP) is 4.84. The maximum Gasteiger partial charge on any atom is 0.247 e. The molecule has 1 heterocycles. The van der Waals surface area contributed by atoms with Gasteiger partial charge in [0.05, 0.1) is 5.69 Å². The van der Waals surface area contributed by atoms with Gasteiger partial charge in [-0.25, -0.2) is 0 Å². The van der Waals surface area contributed by atoms with E-state index in [4.69, 9.17) is 27.9 Å². The molecule has 0 unspecified atom stereocenters. The van der Waals surface area contributed by atoms with Crippen LogP contribution in [0.15, 0.2) is 42.6 Å². The van der Waals surface area contributed by atoms with Gasteiger partial charge in [0.1, 0.15) is 5.75 Å². The highest BCUT2D eigenvalue weighted by Crippen LogP contribution is 2.22. The molecule has 19 heavy (non-hydrogen) atoms. The van der Waals surface area contributed by atoms with Gasteiger partial charge in [-0.2, -0.15) is 0 Å². The highest BCUT2D eigenvalue weighted by atomic mass is 35.5. The number of benzene rings is 1. The van der Waals surface area contributed by atoms with E-state index in [0.29, 0.717) is 5.75 Å². The Morgan fingerprint density at radius 2 is 1.84 bits per heavy atom. The van der Waals surface area contributed by atoms with Crippen molar-refractivity contribution in [3.63, 3.8) is 0 Å². The number of ether oxygens (including phenoxy) is 1. The molecule has 0 aliphatic carbocycles. The summed E-state index contributed by atoms with van der Waals surface area (Å²) in [6.07, 6.45) is 4.12. The van der Waals surface area contributed by atoms with Gasteiger partial charge in [0.25, 0.3) is 0 Å². The maximum atomic E-state index is 5.55. The van der Waals surface area contributed by atoms with Gasteiger partial charge in [-0.15, -0.1) is 0 Å². The molecule has 0 atom stereocenters. The topological polar surface area (TPSA) is 22.1 Å². The van der Waals surface area contributed by atoms with E-state index in [2.05, 4.69) is 18.0 Å². The van der Waals surface area contributed by atoms with Gasteiger partial charge in [-0.3, -0.25) is 4.98 Å². The SMILES string of the molecule is CCCc1ccc(-c2ccc(OC(Cl)Cl)cc2)nc1. The quantitative estimate of drug-likeness (QED) is 0.736. The number of pyridine rings is 1. The third-order valence-corrected chi connectivity index (χ3v) is 2.92. The summed E-state index contributed by atoms with van der Waals surface area (Å²) >= 11 is 11.1. The summed E-state index contributed by atoms with van der Waals surface area (Å²) in [5, 5.41) is -0.850. The van der Waals surface area contributed by atoms with Crippen LogP contribution in [0.1, 0.15) is 18.9 Å². The van der Waals surface area contributed by atoms with E-state index >= 15 is 0 Å². The van der Waals surface area contributed by atoms with Crippen LogP contribution < -0.4 is 4.74 Å². The van der Waals surface area contributed by atoms with Crippen LogP contribution in [0.25, 0.3) is 11.3 Å². The molecule has 2 rings (SSSR count). The van der Waals surface area contributed by atoms with Crippen LogP contribution >= 0.6 is 23.2 Å². The average molecular weight is 296 g/mol. The molecule has 2 aromatic rings. The Kier molecular flexibility index (Phi) is 5.06. The Balaban J connectivity index is 2.13. The van der Waals surface area contributed by atoms with Crippen LogP contribution in [0.4, 0.5) is 0 Å². The predicted molar refractivity (Wildman–Crippen MR) is 79.8 cm³/mol. The molecule has 0 spiro atoms. The van der Waals surface area contributed by atoms with E-state index in [1.165, 1.54) is 5.56 Å². The third-order valence-electron chi connectivity index (χ3n) is 2.74. The summed E-state index contributed by atoms with van der Waals surface area (Å²) in [5.41, 5.74) is 3.24. The number of alkyl halides is 2. The van der Waals surface area contributed by atoms with Crippen LogP contribution in [0.3, 0.4) is 0 Å². The lowest BCUT2D eigenvalue weighted by molar-refractivity contribution is 0.354. The van der Waals surface area contributed by atoms with E-state index in [0.717, 1.165) is 24.1 Å². The minimum atomic E-state index is -0.850. The number of halogens is 2. The number of aromatic nitrogens is 1. The zero-order valence-corrected chi connectivity index (χ0v) is 12.2. The average Bonchev–Trinajstić information content (AvgIpc) is 2.40. The van der Waals surface area contributed by atoms with Crippen LogP contribution in [-0.2, 0) is 6.42 Å². The smallest absolute Gasteiger partial charge is 0.247 e. The molecule has 0 bridgehead atoms. The molecule has 2 nitrogen and oxygen atoms in total. The molecule has 0 amide bonds. The van der Waals surface area contributed by atoms with Crippen LogP contribution in [0.5, 0.6) is 5.75 Å². The first kappa shape index (κ1) is 14.2. The Morgan fingerprint density at radius 1 is 1.11 bits per heavy atom. The molecule has 0 radical (unpaired) electrons. The molecular formula is C15H15Cl2NO. The summed E-state index contributed by atoms with van der Waals surface area (Å²) in [5.74, 6) is 0.640. The second-order valence-electron chi connectivity index (χ2n) is 4.20. The van der Waals surface area contributed by atoms with Crippen molar-refractivity contribution < 1.29 is 4.74 Å². The molecule has 0 saturated heterocycles. The first-order valence-corrected chi connectivity index (χ1v) is 7.06. The largest absolute Gasteiger partial charge is 0.461 e.